The second-order valence-corrected chi connectivity index (χ2v) is 4.39. The molecule has 2 N–H and O–H groups in total. The molecule has 0 fully saturated rings. The van der Waals surface area contributed by atoms with E-state index in [9.17, 15) is 4.39 Å². The molecule has 96 valence electrons. The van der Waals surface area contributed by atoms with Crippen LogP contribution in [0, 0.1) is 5.82 Å². The smallest absolute Gasteiger partial charge is 0.151 e. The lowest BCUT2D eigenvalue weighted by Crippen LogP contribution is -2.03. The average Bonchev–Trinajstić information content (AvgIpc) is 2.78. The molecule has 1 heterocycles. The van der Waals surface area contributed by atoms with Gasteiger partial charge in [0.05, 0.1) is 18.5 Å². The molecule has 0 aliphatic carbocycles. The van der Waals surface area contributed by atoms with E-state index in [4.69, 9.17) is 10.5 Å². The molecule has 5 heteroatoms. The second kappa shape index (κ2) is 4.68. The maximum absolute atomic E-state index is 13.9. The van der Waals surface area contributed by atoms with Gasteiger partial charge in [-0.25, -0.2) is 9.07 Å². The van der Waals surface area contributed by atoms with Gasteiger partial charge in [0.25, 0.3) is 0 Å². The van der Waals surface area contributed by atoms with E-state index in [0.717, 1.165) is 5.69 Å². The minimum absolute atomic E-state index is 0.273. The number of hydrogen-bond donors (Lipinski definition) is 1. The van der Waals surface area contributed by atoms with Crippen molar-refractivity contribution in [1.29, 1.82) is 0 Å². The van der Waals surface area contributed by atoms with Gasteiger partial charge in [-0.15, -0.1) is 0 Å². The molecule has 2 aromatic rings. The van der Waals surface area contributed by atoms with Crippen LogP contribution in [-0.4, -0.2) is 16.9 Å². The Kier molecular flexibility index (Phi) is 3.23. The molecule has 0 amide bonds. The lowest BCUT2D eigenvalue weighted by molar-refractivity contribution is 0.415. The highest BCUT2D eigenvalue weighted by Crippen LogP contribution is 2.27. The molecular weight excluding hydrogens is 233 g/mol. The number of nitrogen functional groups attached to an aromatic ring is 1. The summed E-state index contributed by atoms with van der Waals surface area (Å²) < 4.78 is 20.4. The zero-order chi connectivity index (χ0) is 13.3. The molecule has 0 saturated carbocycles. The Morgan fingerprint density at radius 3 is 2.67 bits per heavy atom. The molecule has 1 aromatic heterocycles. The van der Waals surface area contributed by atoms with Crippen LogP contribution in [0.4, 0.5) is 10.1 Å². The van der Waals surface area contributed by atoms with Gasteiger partial charge in [-0.1, -0.05) is 13.8 Å². The normalized spacial score (nSPS) is 10.9. The van der Waals surface area contributed by atoms with Crippen LogP contribution < -0.4 is 10.5 Å². The highest BCUT2D eigenvalue weighted by Gasteiger charge is 2.12. The second-order valence-electron chi connectivity index (χ2n) is 4.39. The van der Waals surface area contributed by atoms with E-state index < -0.39 is 5.82 Å². The maximum atomic E-state index is 13.9. The van der Waals surface area contributed by atoms with E-state index in [-0.39, 0.29) is 5.69 Å². The predicted molar refractivity (Wildman–Crippen MR) is 68.6 cm³/mol. The molecule has 0 spiro atoms. The van der Waals surface area contributed by atoms with Gasteiger partial charge in [0, 0.05) is 18.3 Å². The zero-order valence-corrected chi connectivity index (χ0v) is 10.6. The molecule has 0 aliphatic heterocycles. The molecule has 4 nitrogen and oxygen atoms in total. The molecule has 0 unspecified atom stereocenters. The fourth-order valence-electron chi connectivity index (χ4n) is 1.69. The lowest BCUT2D eigenvalue weighted by Gasteiger charge is -2.09. The Balaban J connectivity index is 2.49. The van der Waals surface area contributed by atoms with E-state index in [0.29, 0.717) is 17.4 Å². The summed E-state index contributed by atoms with van der Waals surface area (Å²) in [6.07, 6.45) is 1.73. The molecule has 18 heavy (non-hydrogen) atoms. The van der Waals surface area contributed by atoms with Crippen LogP contribution >= 0.6 is 0 Å². The average molecular weight is 249 g/mol. The Hall–Kier alpha value is -2.04. The van der Waals surface area contributed by atoms with E-state index in [2.05, 4.69) is 5.10 Å². The number of rotatable bonds is 3. The quantitative estimate of drug-likeness (QED) is 0.851. The number of methoxy groups -OCH3 is 1. The molecule has 0 saturated heterocycles. The fourth-order valence-corrected chi connectivity index (χ4v) is 1.69. The van der Waals surface area contributed by atoms with Crippen LogP contribution in [0.3, 0.4) is 0 Å². The van der Waals surface area contributed by atoms with Crippen molar-refractivity contribution < 1.29 is 9.13 Å². The van der Waals surface area contributed by atoms with Crippen LogP contribution in [0.2, 0.25) is 0 Å². The molecule has 1 aromatic carbocycles. The van der Waals surface area contributed by atoms with E-state index in [1.807, 2.05) is 19.9 Å². The summed E-state index contributed by atoms with van der Waals surface area (Å²) in [4.78, 5) is 0. The van der Waals surface area contributed by atoms with Gasteiger partial charge in [-0.05, 0) is 12.0 Å². The standard InChI is InChI=1S/C13H16FN3O/c1-8(2)11-4-5-17(16-11)12-7-13(18-3)10(15)6-9(12)14/h4-8H,15H2,1-3H3. The summed E-state index contributed by atoms with van der Waals surface area (Å²) in [5.74, 6) is 0.310. The van der Waals surface area contributed by atoms with Crippen molar-refractivity contribution in [2.75, 3.05) is 12.8 Å². The number of hydrogen-bond acceptors (Lipinski definition) is 3. The number of benzene rings is 1. The molecule has 2 rings (SSSR count). The monoisotopic (exact) mass is 249 g/mol. The van der Waals surface area contributed by atoms with Crippen LogP contribution in [0.1, 0.15) is 25.5 Å². The molecule has 0 atom stereocenters. The lowest BCUT2D eigenvalue weighted by atomic mass is 10.1. The number of anilines is 1. The number of halogens is 1. The van der Waals surface area contributed by atoms with E-state index in [1.54, 1.807) is 12.3 Å². The first-order valence-corrected chi connectivity index (χ1v) is 5.72. The topological polar surface area (TPSA) is 53.1 Å². The number of ether oxygens (including phenoxy) is 1. The SMILES string of the molecule is COc1cc(-n2ccc(C(C)C)n2)c(F)cc1N. The van der Waals surface area contributed by atoms with Crippen molar-refractivity contribution >= 4 is 5.69 Å². The van der Waals surface area contributed by atoms with Crippen molar-refractivity contribution in [2.45, 2.75) is 19.8 Å². The Bertz CT molecular complexity index is 563. The maximum Gasteiger partial charge on any atom is 0.151 e. The van der Waals surface area contributed by atoms with Gasteiger partial charge in [0.2, 0.25) is 0 Å². The van der Waals surface area contributed by atoms with Crippen LogP contribution in [0.5, 0.6) is 5.75 Å². The van der Waals surface area contributed by atoms with Gasteiger partial charge < -0.3 is 10.5 Å². The fraction of sp³-hybridized carbons (Fsp3) is 0.308. The van der Waals surface area contributed by atoms with Gasteiger partial charge in [-0.2, -0.15) is 5.10 Å². The molecule has 0 radical (unpaired) electrons. The summed E-state index contributed by atoms with van der Waals surface area (Å²) in [5.41, 5.74) is 7.15. The van der Waals surface area contributed by atoms with Gasteiger partial charge >= 0.3 is 0 Å². The van der Waals surface area contributed by atoms with Crippen molar-refractivity contribution in [3.8, 4) is 11.4 Å². The van der Waals surface area contributed by atoms with Crippen molar-refractivity contribution in [2.24, 2.45) is 0 Å². The van der Waals surface area contributed by atoms with Gasteiger partial charge in [0.1, 0.15) is 11.4 Å². The van der Waals surface area contributed by atoms with E-state index >= 15 is 0 Å². The van der Waals surface area contributed by atoms with Gasteiger partial charge in [-0.3, -0.25) is 0 Å². The Morgan fingerprint density at radius 2 is 2.11 bits per heavy atom. The third-order valence-electron chi connectivity index (χ3n) is 2.75. The number of nitrogens with zero attached hydrogens (tertiary/aromatic N) is 2. The summed E-state index contributed by atoms with van der Waals surface area (Å²) >= 11 is 0. The van der Waals surface area contributed by atoms with E-state index in [1.165, 1.54) is 17.9 Å². The first-order valence-electron chi connectivity index (χ1n) is 5.72. The minimum Gasteiger partial charge on any atom is -0.495 e. The predicted octanol–water partition coefficient (Wildman–Crippen LogP) is 2.73. The Labute approximate surface area is 105 Å². The summed E-state index contributed by atoms with van der Waals surface area (Å²) in [6, 6.07) is 4.65. The number of nitrogens with two attached hydrogens (primary N) is 1. The van der Waals surface area contributed by atoms with Crippen molar-refractivity contribution in [3.63, 3.8) is 0 Å². The third-order valence-corrected chi connectivity index (χ3v) is 2.75. The minimum atomic E-state index is -0.424. The molecular formula is C13H16FN3O. The van der Waals surface area contributed by atoms with Crippen LogP contribution in [-0.2, 0) is 0 Å². The first kappa shape index (κ1) is 12.4. The zero-order valence-electron chi connectivity index (χ0n) is 10.6. The largest absolute Gasteiger partial charge is 0.495 e. The number of aromatic nitrogens is 2. The van der Waals surface area contributed by atoms with Crippen LogP contribution in [0.15, 0.2) is 24.4 Å². The highest BCUT2D eigenvalue weighted by molar-refractivity contribution is 5.58. The van der Waals surface area contributed by atoms with Crippen molar-refractivity contribution in [3.05, 3.63) is 35.9 Å². The molecule has 0 aliphatic rings. The summed E-state index contributed by atoms with van der Waals surface area (Å²) in [7, 11) is 1.50. The van der Waals surface area contributed by atoms with Crippen molar-refractivity contribution in [1.82, 2.24) is 9.78 Å². The third kappa shape index (κ3) is 2.16. The summed E-state index contributed by atoms with van der Waals surface area (Å²) in [5, 5.41) is 4.33. The molecule has 0 bridgehead atoms. The summed E-state index contributed by atoms with van der Waals surface area (Å²) in [6.45, 7) is 4.07. The first-order chi connectivity index (χ1) is 8.52. The highest BCUT2D eigenvalue weighted by atomic mass is 19.1. The van der Waals surface area contributed by atoms with Gasteiger partial charge in [0.15, 0.2) is 5.82 Å². The Morgan fingerprint density at radius 1 is 1.39 bits per heavy atom. The van der Waals surface area contributed by atoms with Crippen LogP contribution in [0.25, 0.3) is 5.69 Å².